The molecule has 1 heterocycles. The third-order valence-electron chi connectivity index (χ3n) is 2.87. The quantitative estimate of drug-likeness (QED) is 0.672. The first-order chi connectivity index (χ1) is 9.06. The number of hydrogen-bond acceptors (Lipinski definition) is 2. The molecule has 4 nitrogen and oxygen atoms in total. The topological polar surface area (TPSA) is 63.8 Å². The zero-order valence-electron chi connectivity index (χ0n) is 9.65. The van der Waals surface area contributed by atoms with Gasteiger partial charge < -0.3 is 10.7 Å². The number of nitrogen functional groups attached to an aromatic ring is 1. The van der Waals surface area contributed by atoms with Crippen molar-refractivity contribution in [3.05, 3.63) is 57.7 Å². The SMILES string of the molecule is Nc1ccc2c(c1)[nH]c(=O)n2-c1ccc(F)c(Cl)c1. The number of nitrogens with two attached hydrogens (primary N) is 1. The number of fused-ring (bicyclic) bond motifs is 1. The molecule has 2 aromatic carbocycles. The number of hydrogen-bond donors (Lipinski definition) is 2. The Bertz CT molecular complexity index is 838. The molecule has 0 saturated carbocycles. The Morgan fingerprint density at radius 2 is 2.00 bits per heavy atom. The van der Waals surface area contributed by atoms with Crippen LogP contribution in [0.4, 0.5) is 10.1 Å². The molecule has 0 bridgehead atoms. The second-order valence-electron chi connectivity index (χ2n) is 4.14. The molecular weight excluding hydrogens is 269 g/mol. The summed E-state index contributed by atoms with van der Waals surface area (Å²) in [5.74, 6) is -0.525. The van der Waals surface area contributed by atoms with Crippen molar-refractivity contribution in [2.24, 2.45) is 0 Å². The third-order valence-corrected chi connectivity index (χ3v) is 3.16. The molecule has 0 atom stereocenters. The van der Waals surface area contributed by atoms with E-state index in [4.69, 9.17) is 17.3 Å². The lowest BCUT2D eigenvalue weighted by Crippen LogP contribution is -2.14. The van der Waals surface area contributed by atoms with Gasteiger partial charge in [-0.3, -0.25) is 4.57 Å². The minimum absolute atomic E-state index is 0.0332. The second kappa shape index (κ2) is 4.13. The van der Waals surface area contributed by atoms with Crippen LogP contribution in [0.25, 0.3) is 16.7 Å². The van der Waals surface area contributed by atoms with Gasteiger partial charge in [0.15, 0.2) is 0 Å². The van der Waals surface area contributed by atoms with Crippen LogP contribution in [0.15, 0.2) is 41.2 Å². The van der Waals surface area contributed by atoms with Gasteiger partial charge in [-0.25, -0.2) is 9.18 Å². The van der Waals surface area contributed by atoms with Gasteiger partial charge in [-0.2, -0.15) is 0 Å². The first kappa shape index (κ1) is 11.8. The smallest absolute Gasteiger partial charge is 0.331 e. The van der Waals surface area contributed by atoms with Gasteiger partial charge in [0, 0.05) is 5.69 Å². The summed E-state index contributed by atoms with van der Waals surface area (Å²) < 4.78 is 14.6. The number of imidazole rings is 1. The van der Waals surface area contributed by atoms with Crippen molar-refractivity contribution in [2.75, 3.05) is 5.73 Å². The molecule has 0 amide bonds. The fraction of sp³-hybridized carbons (Fsp3) is 0. The van der Waals surface area contributed by atoms with Crippen molar-refractivity contribution in [2.45, 2.75) is 0 Å². The molecule has 0 fully saturated rings. The lowest BCUT2D eigenvalue weighted by atomic mass is 10.2. The average molecular weight is 278 g/mol. The normalized spacial score (nSPS) is 11.1. The van der Waals surface area contributed by atoms with E-state index in [0.717, 1.165) is 0 Å². The van der Waals surface area contributed by atoms with Gasteiger partial charge in [0.05, 0.1) is 21.7 Å². The Morgan fingerprint density at radius 3 is 2.74 bits per heavy atom. The van der Waals surface area contributed by atoms with Crippen LogP contribution in [0.2, 0.25) is 5.02 Å². The number of aromatic amines is 1. The number of nitrogens with one attached hydrogen (secondary N) is 1. The highest BCUT2D eigenvalue weighted by Crippen LogP contribution is 2.22. The first-order valence-corrected chi connectivity index (χ1v) is 5.90. The molecular formula is C13H9ClFN3O. The lowest BCUT2D eigenvalue weighted by molar-refractivity contribution is 0.628. The first-order valence-electron chi connectivity index (χ1n) is 5.52. The highest BCUT2D eigenvalue weighted by molar-refractivity contribution is 6.30. The van der Waals surface area contributed by atoms with Crippen LogP contribution >= 0.6 is 11.6 Å². The number of anilines is 1. The van der Waals surface area contributed by atoms with Crippen LogP contribution in [-0.4, -0.2) is 9.55 Å². The van der Waals surface area contributed by atoms with Gasteiger partial charge in [-0.05, 0) is 36.4 Å². The van der Waals surface area contributed by atoms with E-state index in [2.05, 4.69) is 4.98 Å². The maximum atomic E-state index is 13.2. The van der Waals surface area contributed by atoms with Crippen LogP contribution in [0, 0.1) is 5.82 Å². The van der Waals surface area contributed by atoms with Crippen molar-refractivity contribution < 1.29 is 4.39 Å². The Hall–Kier alpha value is -2.27. The highest BCUT2D eigenvalue weighted by atomic mass is 35.5. The van der Waals surface area contributed by atoms with E-state index in [1.165, 1.54) is 22.8 Å². The van der Waals surface area contributed by atoms with E-state index < -0.39 is 5.82 Å². The summed E-state index contributed by atoms with van der Waals surface area (Å²) in [6, 6.07) is 9.20. The fourth-order valence-electron chi connectivity index (χ4n) is 2.01. The summed E-state index contributed by atoms with van der Waals surface area (Å²) in [5.41, 5.74) is 7.65. The molecule has 0 aliphatic heterocycles. The number of benzene rings is 2. The molecule has 19 heavy (non-hydrogen) atoms. The van der Waals surface area contributed by atoms with Gasteiger partial charge in [-0.15, -0.1) is 0 Å². The van der Waals surface area contributed by atoms with E-state index in [1.807, 2.05) is 0 Å². The number of aromatic nitrogens is 2. The maximum absolute atomic E-state index is 13.2. The third kappa shape index (κ3) is 1.88. The molecule has 3 aromatic rings. The largest absolute Gasteiger partial charge is 0.399 e. The molecule has 0 unspecified atom stereocenters. The average Bonchev–Trinajstić information content (AvgIpc) is 2.68. The monoisotopic (exact) mass is 277 g/mol. The fourth-order valence-corrected chi connectivity index (χ4v) is 2.18. The Kier molecular flexibility index (Phi) is 2.57. The number of H-pyrrole nitrogens is 1. The van der Waals surface area contributed by atoms with Crippen LogP contribution < -0.4 is 11.4 Å². The minimum Gasteiger partial charge on any atom is -0.399 e. The molecule has 0 aliphatic rings. The molecule has 3 rings (SSSR count). The van der Waals surface area contributed by atoms with Crippen molar-refractivity contribution >= 4 is 28.3 Å². The summed E-state index contributed by atoms with van der Waals surface area (Å²) in [5, 5.41) is -0.0332. The van der Waals surface area contributed by atoms with Crippen LogP contribution in [0.5, 0.6) is 0 Å². The standard InChI is InChI=1S/C13H9ClFN3O/c14-9-6-8(2-3-10(9)15)18-12-4-1-7(16)5-11(12)17-13(18)19/h1-6H,16H2,(H,17,19). The van der Waals surface area contributed by atoms with E-state index in [9.17, 15) is 9.18 Å². The lowest BCUT2D eigenvalue weighted by Gasteiger charge is -2.04. The molecule has 3 N–H and O–H groups in total. The van der Waals surface area contributed by atoms with Crippen molar-refractivity contribution in [3.63, 3.8) is 0 Å². The Labute approximate surface area is 112 Å². The summed E-state index contributed by atoms with van der Waals surface area (Å²) in [4.78, 5) is 14.7. The molecule has 6 heteroatoms. The van der Waals surface area contributed by atoms with Crippen LogP contribution in [0.1, 0.15) is 0 Å². The van der Waals surface area contributed by atoms with Crippen molar-refractivity contribution in [3.8, 4) is 5.69 Å². The molecule has 0 saturated heterocycles. The summed E-state index contributed by atoms with van der Waals surface area (Å²) in [6.07, 6.45) is 0. The second-order valence-corrected chi connectivity index (χ2v) is 4.55. The zero-order valence-corrected chi connectivity index (χ0v) is 10.4. The predicted octanol–water partition coefficient (Wildman–Crippen LogP) is 2.69. The predicted molar refractivity (Wildman–Crippen MR) is 73.3 cm³/mol. The van der Waals surface area contributed by atoms with Gasteiger partial charge in [0.1, 0.15) is 5.82 Å². The molecule has 0 radical (unpaired) electrons. The molecule has 0 aliphatic carbocycles. The number of rotatable bonds is 1. The van der Waals surface area contributed by atoms with E-state index in [0.29, 0.717) is 22.4 Å². The highest BCUT2D eigenvalue weighted by Gasteiger charge is 2.10. The molecule has 1 aromatic heterocycles. The summed E-state index contributed by atoms with van der Waals surface area (Å²) in [7, 11) is 0. The van der Waals surface area contributed by atoms with Gasteiger partial charge >= 0.3 is 5.69 Å². The maximum Gasteiger partial charge on any atom is 0.331 e. The van der Waals surface area contributed by atoms with Gasteiger partial charge in [-0.1, -0.05) is 11.6 Å². The van der Waals surface area contributed by atoms with Crippen molar-refractivity contribution in [1.29, 1.82) is 0 Å². The van der Waals surface area contributed by atoms with Gasteiger partial charge in [0.2, 0.25) is 0 Å². The Balaban J connectivity index is 2.32. The van der Waals surface area contributed by atoms with Crippen molar-refractivity contribution in [1.82, 2.24) is 9.55 Å². The van der Waals surface area contributed by atoms with E-state index >= 15 is 0 Å². The van der Waals surface area contributed by atoms with E-state index in [1.54, 1.807) is 18.2 Å². The number of nitrogens with zero attached hydrogens (tertiary/aromatic N) is 1. The van der Waals surface area contributed by atoms with Crippen LogP contribution in [0.3, 0.4) is 0 Å². The molecule has 0 spiro atoms. The van der Waals surface area contributed by atoms with E-state index in [-0.39, 0.29) is 10.7 Å². The summed E-state index contributed by atoms with van der Waals surface area (Å²) >= 11 is 5.74. The summed E-state index contributed by atoms with van der Waals surface area (Å²) in [6.45, 7) is 0. The van der Waals surface area contributed by atoms with Gasteiger partial charge in [0.25, 0.3) is 0 Å². The molecule has 96 valence electrons. The number of halogens is 2. The van der Waals surface area contributed by atoms with Crippen LogP contribution in [-0.2, 0) is 0 Å². The minimum atomic E-state index is -0.525. The Morgan fingerprint density at radius 1 is 1.21 bits per heavy atom. The zero-order chi connectivity index (χ0) is 13.6.